The van der Waals surface area contributed by atoms with Crippen LogP contribution in [0.25, 0.3) is 0 Å². The average molecular weight is 262 g/mol. The van der Waals surface area contributed by atoms with Crippen LogP contribution in [0.2, 0.25) is 18.6 Å². The number of benzene rings is 1. The van der Waals surface area contributed by atoms with Crippen molar-refractivity contribution in [2.24, 2.45) is 0 Å². The summed E-state index contributed by atoms with van der Waals surface area (Å²) in [5, 5.41) is 11.6. The predicted molar refractivity (Wildman–Crippen MR) is 78.2 cm³/mol. The molecule has 3 heteroatoms. The molecule has 2 rings (SSSR count). The van der Waals surface area contributed by atoms with E-state index >= 15 is 0 Å². The number of methoxy groups -OCH3 is 1. The molecule has 0 fully saturated rings. The van der Waals surface area contributed by atoms with Crippen LogP contribution in [-0.4, -0.2) is 26.4 Å². The maximum atomic E-state index is 10.3. The fourth-order valence-electron chi connectivity index (χ4n) is 2.90. The quantitative estimate of drug-likeness (QED) is 0.670. The minimum Gasteiger partial charge on any atom is -0.497 e. The minimum atomic E-state index is -1.77. The van der Waals surface area contributed by atoms with Crippen LogP contribution < -0.4 is 9.92 Å². The van der Waals surface area contributed by atoms with Crippen molar-refractivity contribution in [1.29, 1.82) is 0 Å². The summed E-state index contributed by atoms with van der Waals surface area (Å²) < 4.78 is 5.49. The van der Waals surface area contributed by atoms with Crippen LogP contribution in [0.4, 0.5) is 0 Å². The molecular formula is C15H22O2Si. The van der Waals surface area contributed by atoms with Gasteiger partial charge in [0.05, 0.1) is 21.3 Å². The molecule has 0 amide bonds. The lowest BCUT2D eigenvalue weighted by Gasteiger charge is -2.36. The maximum absolute atomic E-state index is 10.3. The molecule has 0 saturated carbocycles. The number of hydrogen-bond donors (Lipinski definition) is 1. The molecule has 0 bridgehead atoms. The molecule has 1 aromatic carbocycles. The Balaban J connectivity index is 2.40. The van der Waals surface area contributed by atoms with Gasteiger partial charge in [0.15, 0.2) is 0 Å². The van der Waals surface area contributed by atoms with E-state index < -0.39 is 8.07 Å². The Kier molecular flexibility index (Phi) is 3.93. The second-order valence-corrected chi connectivity index (χ2v) is 10.2. The van der Waals surface area contributed by atoms with Crippen molar-refractivity contribution in [3.63, 3.8) is 0 Å². The highest BCUT2D eigenvalue weighted by Crippen LogP contribution is 2.34. The van der Waals surface area contributed by atoms with Crippen LogP contribution in [0.5, 0.6) is 5.75 Å². The van der Waals surface area contributed by atoms with Gasteiger partial charge in [-0.05, 0) is 24.1 Å². The lowest BCUT2D eigenvalue weighted by atomic mass is 10.0. The third kappa shape index (κ3) is 2.38. The van der Waals surface area contributed by atoms with Crippen molar-refractivity contribution in [2.45, 2.75) is 37.6 Å². The van der Waals surface area contributed by atoms with Crippen molar-refractivity contribution in [3.8, 4) is 5.75 Å². The molecule has 0 heterocycles. The van der Waals surface area contributed by atoms with Crippen molar-refractivity contribution in [2.75, 3.05) is 7.11 Å². The van der Waals surface area contributed by atoms with Gasteiger partial charge in [-0.15, -0.1) is 0 Å². The maximum Gasteiger partial charge on any atom is 0.118 e. The first-order valence-electron chi connectivity index (χ1n) is 6.55. The van der Waals surface area contributed by atoms with Crippen molar-refractivity contribution in [1.82, 2.24) is 0 Å². The Morgan fingerprint density at radius 1 is 1.28 bits per heavy atom. The molecule has 18 heavy (non-hydrogen) atoms. The smallest absolute Gasteiger partial charge is 0.118 e. The van der Waals surface area contributed by atoms with E-state index in [4.69, 9.17) is 4.74 Å². The highest BCUT2D eigenvalue weighted by Gasteiger charge is 2.39. The molecule has 1 unspecified atom stereocenters. The normalized spacial score (nSPS) is 24.0. The van der Waals surface area contributed by atoms with Crippen molar-refractivity contribution >= 4 is 13.3 Å². The molecule has 1 aliphatic carbocycles. The van der Waals surface area contributed by atoms with Crippen molar-refractivity contribution in [3.05, 3.63) is 36.4 Å². The zero-order chi connectivity index (χ0) is 13.2. The fourth-order valence-corrected chi connectivity index (χ4v) is 6.35. The third-order valence-corrected chi connectivity index (χ3v) is 8.07. The molecule has 98 valence electrons. The van der Waals surface area contributed by atoms with Gasteiger partial charge < -0.3 is 9.84 Å². The van der Waals surface area contributed by atoms with Gasteiger partial charge in [-0.25, -0.2) is 0 Å². The highest BCUT2D eigenvalue weighted by atomic mass is 28.3. The van der Waals surface area contributed by atoms with E-state index in [1.807, 2.05) is 12.1 Å². The van der Waals surface area contributed by atoms with Gasteiger partial charge in [-0.1, -0.05) is 43.4 Å². The number of allylic oxidation sites excluding steroid dienone is 1. The van der Waals surface area contributed by atoms with E-state index in [9.17, 15) is 5.11 Å². The van der Waals surface area contributed by atoms with Crippen LogP contribution in [0.3, 0.4) is 0 Å². The summed E-state index contributed by atoms with van der Waals surface area (Å²) in [7, 11) is -0.0503. The predicted octanol–water partition coefficient (Wildman–Crippen LogP) is 2.69. The Bertz CT molecular complexity index is 440. The molecule has 0 aliphatic heterocycles. The SMILES string of the molecule is COc1ccccc1[Si](C)(C)[C@H]1C=CCCC1O. The van der Waals surface area contributed by atoms with E-state index in [-0.39, 0.29) is 11.6 Å². The first kappa shape index (κ1) is 13.4. The molecule has 2 atom stereocenters. The Labute approximate surface area is 110 Å². The lowest BCUT2D eigenvalue weighted by Crippen LogP contribution is -2.50. The molecule has 0 aromatic heterocycles. The third-order valence-electron chi connectivity index (χ3n) is 4.02. The van der Waals surface area contributed by atoms with Gasteiger partial charge in [0.25, 0.3) is 0 Å². The summed E-state index contributed by atoms with van der Waals surface area (Å²) in [5.74, 6) is 0.959. The van der Waals surface area contributed by atoms with Crippen molar-refractivity contribution < 1.29 is 9.84 Å². The number of ether oxygens (including phenoxy) is 1. The summed E-state index contributed by atoms with van der Waals surface area (Å²) in [6.07, 6.45) is 6.09. The molecule has 1 aliphatic rings. The monoisotopic (exact) mass is 262 g/mol. The van der Waals surface area contributed by atoms with Gasteiger partial charge in [-0.3, -0.25) is 0 Å². The minimum absolute atomic E-state index is 0.207. The number of hydrogen-bond acceptors (Lipinski definition) is 2. The summed E-state index contributed by atoms with van der Waals surface area (Å²) in [4.78, 5) is 0. The largest absolute Gasteiger partial charge is 0.497 e. The molecule has 1 aromatic rings. The Hall–Kier alpha value is -1.06. The van der Waals surface area contributed by atoms with Crippen LogP contribution in [0.1, 0.15) is 12.8 Å². The summed E-state index contributed by atoms with van der Waals surface area (Å²) in [6.45, 7) is 4.63. The van der Waals surface area contributed by atoms with Crippen LogP contribution in [-0.2, 0) is 0 Å². The van der Waals surface area contributed by atoms with Gasteiger partial charge in [0.2, 0.25) is 0 Å². The van der Waals surface area contributed by atoms with Crippen LogP contribution >= 0.6 is 0 Å². The fraction of sp³-hybridized carbons (Fsp3) is 0.467. The van der Waals surface area contributed by atoms with Gasteiger partial charge in [0.1, 0.15) is 5.75 Å². The summed E-state index contributed by atoms with van der Waals surface area (Å²) in [6, 6.07) is 8.23. The number of aliphatic hydroxyl groups excluding tert-OH is 1. The molecule has 0 saturated heterocycles. The van der Waals surface area contributed by atoms with Gasteiger partial charge in [-0.2, -0.15) is 0 Å². The van der Waals surface area contributed by atoms with Gasteiger partial charge >= 0.3 is 0 Å². The molecule has 0 radical (unpaired) electrons. The Morgan fingerprint density at radius 2 is 2.00 bits per heavy atom. The molecule has 2 nitrogen and oxygen atoms in total. The van der Waals surface area contributed by atoms with E-state index in [1.54, 1.807) is 7.11 Å². The van der Waals surface area contributed by atoms with Crippen LogP contribution in [0.15, 0.2) is 36.4 Å². The van der Waals surface area contributed by atoms with E-state index in [0.717, 1.165) is 18.6 Å². The van der Waals surface area contributed by atoms with E-state index in [1.165, 1.54) is 5.19 Å². The first-order valence-corrected chi connectivity index (χ1v) is 9.63. The highest BCUT2D eigenvalue weighted by molar-refractivity contribution is 6.92. The Morgan fingerprint density at radius 3 is 2.67 bits per heavy atom. The zero-order valence-electron chi connectivity index (χ0n) is 11.4. The zero-order valence-corrected chi connectivity index (χ0v) is 12.4. The second kappa shape index (κ2) is 5.29. The summed E-state index contributed by atoms with van der Waals surface area (Å²) >= 11 is 0. The van der Waals surface area contributed by atoms with E-state index in [0.29, 0.717) is 0 Å². The van der Waals surface area contributed by atoms with Gasteiger partial charge in [0, 0.05) is 5.54 Å². The second-order valence-electron chi connectivity index (χ2n) is 5.52. The standard InChI is InChI=1S/C15H22O2Si/c1-17-13-9-5-7-11-15(13)18(2,3)14-10-6-4-8-12(14)16/h5-7,9-12,14,16H,4,8H2,1-3H3/t12?,14-/m0/s1. The molecule has 0 spiro atoms. The summed E-state index contributed by atoms with van der Waals surface area (Å²) in [5.41, 5.74) is 0.280. The number of aliphatic hydroxyl groups is 1. The topological polar surface area (TPSA) is 29.5 Å². The number of para-hydroxylation sites is 1. The molecular weight excluding hydrogens is 240 g/mol. The molecule has 1 N–H and O–H groups in total. The average Bonchev–Trinajstić information content (AvgIpc) is 2.39. The van der Waals surface area contributed by atoms with Crippen LogP contribution in [0, 0.1) is 0 Å². The van der Waals surface area contributed by atoms with E-state index in [2.05, 4.69) is 37.4 Å². The first-order chi connectivity index (χ1) is 8.57. The lowest BCUT2D eigenvalue weighted by molar-refractivity contribution is 0.162. The number of rotatable bonds is 3.